The molecule has 0 aliphatic carbocycles. The Hall–Kier alpha value is -2.21. The van der Waals surface area contributed by atoms with Crippen LogP contribution in [0.1, 0.15) is 5.56 Å². The van der Waals surface area contributed by atoms with Crippen LogP contribution in [0.25, 0.3) is 0 Å². The van der Waals surface area contributed by atoms with Gasteiger partial charge in [0.2, 0.25) is 0 Å². The molecule has 0 amide bonds. The highest BCUT2D eigenvalue weighted by atomic mass is 19.4. The number of benzene rings is 2. The van der Waals surface area contributed by atoms with E-state index in [9.17, 15) is 13.2 Å². The third kappa shape index (κ3) is 4.81. The summed E-state index contributed by atoms with van der Waals surface area (Å²) in [5, 5.41) is 0. The van der Waals surface area contributed by atoms with Crippen LogP contribution in [0.5, 0.6) is 11.5 Å². The van der Waals surface area contributed by atoms with E-state index in [4.69, 9.17) is 9.78 Å². The molecule has 0 saturated carbocycles. The Kier molecular flexibility index (Phi) is 4.47. The molecule has 20 heavy (non-hydrogen) atoms. The first kappa shape index (κ1) is 14.2. The van der Waals surface area contributed by atoms with E-state index in [1.165, 1.54) is 12.1 Å². The van der Waals surface area contributed by atoms with E-state index >= 15 is 0 Å². The fourth-order valence-corrected chi connectivity index (χ4v) is 1.44. The van der Waals surface area contributed by atoms with Gasteiger partial charge in [-0.1, -0.05) is 30.3 Å². The van der Waals surface area contributed by atoms with Gasteiger partial charge in [-0.05, 0) is 29.8 Å². The average molecular weight is 284 g/mol. The van der Waals surface area contributed by atoms with Crippen LogP contribution in [0.2, 0.25) is 0 Å². The lowest BCUT2D eigenvalue weighted by Gasteiger charge is -2.09. The molecule has 0 heterocycles. The second-order valence-corrected chi connectivity index (χ2v) is 3.85. The van der Waals surface area contributed by atoms with Gasteiger partial charge in [0.15, 0.2) is 5.75 Å². The van der Waals surface area contributed by atoms with Crippen molar-refractivity contribution in [3.8, 4) is 11.5 Å². The molecule has 0 unspecified atom stereocenters. The Labute approximate surface area is 113 Å². The molecule has 0 aliphatic rings. The minimum absolute atomic E-state index is 0.238. The van der Waals surface area contributed by atoms with Crippen molar-refractivity contribution in [3.05, 3.63) is 60.2 Å². The van der Waals surface area contributed by atoms with Gasteiger partial charge in [0, 0.05) is 0 Å². The zero-order chi connectivity index (χ0) is 14.4. The molecule has 106 valence electrons. The molecular formula is C14H11F3O3. The van der Waals surface area contributed by atoms with Crippen molar-refractivity contribution < 1.29 is 27.7 Å². The van der Waals surface area contributed by atoms with Gasteiger partial charge in [0.05, 0.1) is 0 Å². The van der Waals surface area contributed by atoms with Gasteiger partial charge in [-0.15, -0.1) is 13.2 Å². The summed E-state index contributed by atoms with van der Waals surface area (Å²) >= 11 is 0. The van der Waals surface area contributed by atoms with Crippen LogP contribution in [0.4, 0.5) is 13.2 Å². The van der Waals surface area contributed by atoms with Crippen molar-refractivity contribution in [2.75, 3.05) is 0 Å². The largest absolute Gasteiger partial charge is 0.573 e. The molecule has 2 aromatic rings. The van der Waals surface area contributed by atoms with E-state index in [1.807, 2.05) is 30.3 Å². The first-order valence-corrected chi connectivity index (χ1v) is 5.72. The predicted molar refractivity (Wildman–Crippen MR) is 65.0 cm³/mol. The molecule has 2 rings (SSSR count). The normalized spacial score (nSPS) is 11.2. The number of ether oxygens (including phenoxy) is 1. The van der Waals surface area contributed by atoms with Crippen molar-refractivity contribution in [2.45, 2.75) is 13.0 Å². The number of rotatable bonds is 5. The summed E-state index contributed by atoms with van der Waals surface area (Å²) in [5.74, 6) is -0.0247. The molecule has 0 aromatic heterocycles. The zero-order valence-corrected chi connectivity index (χ0v) is 10.3. The number of alkyl halides is 3. The Balaban J connectivity index is 1.82. The minimum atomic E-state index is -4.70. The smallest absolute Gasteiger partial charge is 0.406 e. The second-order valence-electron chi connectivity index (χ2n) is 3.85. The molecule has 0 saturated heterocycles. The van der Waals surface area contributed by atoms with E-state index in [0.29, 0.717) is 0 Å². The zero-order valence-electron chi connectivity index (χ0n) is 10.3. The first-order valence-electron chi connectivity index (χ1n) is 5.72. The topological polar surface area (TPSA) is 27.7 Å². The highest BCUT2D eigenvalue weighted by molar-refractivity contribution is 5.31. The molecule has 0 fully saturated rings. The van der Waals surface area contributed by atoms with E-state index in [1.54, 1.807) is 0 Å². The van der Waals surface area contributed by atoms with Gasteiger partial charge in [-0.3, -0.25) is 0 Å². The van der Waals surface area contributed by atoms with E-state index in [0.717, 1.165) is 17.7 Å². The Morgan fingerprint density at radius 2 is 1.40 bits per heavy atom. The Morgan fingerprint density at radius 3 is 2.00 bits per heavy atom. The van der Waals surface area contributed by atoms with Gasteiger partial charge < -0.3 is 9.62 Å². The highest BCUT2D eigenvalue weighted by Crippen LogP contribution is 2.24. The number of halogens is 3. The number of hydrogen-bond donors (Lipinski definition) is 0. The van der Waals surface area contributed by atoms with E-state index < -0.39 is 6.36 Å². The molecule has 3 nitrogen and oxygen atoms in total. The van der Waals surface area contributed by atoms with Crippen molar-refractivity contribution in [2.24, 2.45) is 0 Å². The monoisotopic (exact) mass is 284 g/mol. The molecule has 0 N–H and O–H groups in total. The molecule has 0 spiro atoms. The van der Waals surface area contributed by atoms with Crippen LogP contribution < -0.4 is 9.62 Å². The third-order valence-corrected chi connectivity index (χ3v) is 2.28. The lowest BCUT2D eigenvalue weighted by molar-refractivity contribution is -0.274. The summed E-state index contributed by atoms with van der Waals surface area (Å²) in [6.45, 7) is 0.238. The van der Waals surface area contributed by atoms with Crippen molar-refractivity contribution in [1.29, 1.82) is 0 Å². The maximum Gasteiger partial charge on any atom is 0.573 e. The van der Waals surface area contributed by atoms with Gasteiger partial charge in [-0.25, -0.2) is 0 Å². The quantitative estimate of drug-likeness (QED) is 0.611. The molecular weight excluding hydrogens is 273 g/mol. The third-order valence-electron chi connectivity index (χ3n) is 2.28. The summed E-state index contributed by atoms with van der Waals surface area (Å²) in [5.41, 5.74) is 0.921. The van der Waals surface area contributed by atoms with Crippen molar-refractivity contribution in [1.82, 2.24) is 0 Å². The van der Waals surface area contributed by atoms with Crippen LogP contribution in [-0.4, -0.2) is 6.36 Å². The van der Waals surface area contributed by atoms with Gasteiger partial charge in [-0.2, -0.15) is 4.89 Å². The van der Waals surface area contributed by atoms with Crippen molar-refractivity contribution in [3.63, 3.8) is 0 Å². The maximum absolute atomic E-state index is 12.0. The highest BCUT2D eigenvalue weighted by Gasteiger charge is 2.30. The minimum Gasteiger partial charge on any atom is -0.406 e. The van der Waals surface area contributed by atoms with E-state index in [-0.39, 0.29) is 18.1 Å². The molecule has 0 radical (unpaired) electrons. The van der Waals surface area contributed by atoms with Gasteiger partial charge in [0.25, 0.3) is 0 Å². The summed E-state index contributed by atoms with van der Waals surface area (Å²) in [7, 11) is 0. The second kappa shape index (κ2) is 6.29. The van der Waals surface area contributed by atoms with Gasteiger partial charge >= 0.3 is 6.36 Å². The number of hydrogen-bond acceptors (Lipinski definition) is 3. The summed E-state index contributed by atoms with van der Waals surface area (Å²) in [6, 6.07) is 14.3. The fraction of sp³-hybridized carbons (Fsp3) is 0.143. The summed E-state index contributed by atoms with van der Waals surface area (Å²) in [4.78, 5) is 9.94. The van der Waals surface area contributed by atoms with Crippen LogP contribution in [0.15, 0.2) is 54.6 Å². The summed E-state index contributed by atoms with van der Waals surface area (Å²) in [6.07, 6.45) is -4.70. The molecule has 0 atom stereocenters. The predicted octanol–water partition coefficient (Wildman–Crippen LogP) is 4.10. The van der Waals surface area contributed by atoms with Crippen LogP contribution >= 0.6 is 0 Å². The Morgan fingerprint density at radius 1 is 0.800 bits per heavy atom. The maximum atomic E-state index is 12.0. The average Bonchev–Trinajstić information content (AvgIpc) is 2.40. The fourth-order valence-electron chi connectivity index (χ4n) is 1.44. The van der Waals surface area contributed by atoms with Crippen molar-refractivity contribution >= 4 is 0 Å². The lowest BCUT2D eigenvalue weighted by Crippen LogP contribution is -2.16. The van der Waals surface area contributed by atoms with Crippen LogP contribution in [0.3, 0.4) is 0 Å². The lowest BCUT2D eigenvalue weighted by atomic mass is 10.2. The standard InChI is InChI=1S/C14H11F3O3/c15-14(16,17)19-12-6-8-13(9-7-12)20-18-10-11-4-2-1-3-5-11/h1-9H,10H2. The molecule has 2 aromatic carbocycles. The van der Waals surface area contributed by atoms with E-state index in [2.05, 4.69) is 4.74 Å². The van der Waals surface area contributed by atoms with Gasteiger partial charge in [0.1, 0.15) is 12.4 Å². The first-order chi connectivity index (χ1) is 9.53. The summed E-state index contributed by atoms with van der Waals surface area (Å²) < 4.78 is 39.6. The molecule has 6 heteroatoms. The van der Waals surface area contributed by atoms with Crippen LogP contribution in [-0.2, 0) is 11.5 Å². The molecule has 0 aliphatic heterocycles. The SMILES string of the molecule is FC(F)(F)Oc1ccc(OOCc2ccccc2)cc1. The Bertz CT molecular complexity index is 524. The van der Waals surface area contributed by atoms with Crippen LogP contribution in [0, 0.1) is 0 Å². The molecule has 0 bridgehead atoms.